The van der Waals surface area contributed by atoms with Crippen molar-refractivity contribution < 1.29 is 13.6 Å². The van der Waals surface area contributed by atoms with E-state index in [1.807, 2.05) is 30.9 Å². The van der Waals surface area contributed by atoms with E-state index in [0.29, 0.717) is 24.5 Å². The molecule has 2 aliphatic heterocycles. The van der Waals surface area contributed by atoms with Gasteiger partial charge in [-0.15, -0.1) is 11.3 Å². The molecule has 1 N–H and O–H groups in total. The van der Waals surface area contributed by atoms with Crippen molar-refractivity contribution in [1.29, 1.82) is 0 Å². The van der Waals surface area contributed by atoms with Gasteiger partial charge in [0.05, 0.1) is 33.0 Å². The molecule has 0 bridgehead atoms. The van der Waals surface area contributed by atoms with Crippen LogP contribution in [0.4, 0.5) is 14.5 Å². The fourth-order valence-corrected chi connectivity index (χ4v) is 5.21. The molecule has 3 heterocycles. The SMILES string of the molecule is Cc1nc2cc(C)c(N=C3NC(=O)C(F)C4CCC(c5ccc(F)cc5)N34)cc2s1. The Labute approximate surface area is 176 Å². The summed E-state index contributed by atoms with van der Waals surface area (Å²) in [4.78, 5) is 23.4. The third-order valence-corrected chi connectivity index (χ3v) is 6.72. The summed E-state index contributed by atoms with van der Waals surface area (Å²) >= 11 is 1.58. The second kappa shape index (κ2) is 7.12. The van der Waals surface area contributed by atoms with Crippen LogP contribution in [0.2, 0.25) is 0 Å². The number of halogens is 2. The Kier molecular flexibility index (Phi) is 4.54. The Morgan fingerprint density at radius 1 is 1.20 bits per heavy atom. The molecule has 3 atom stereocenters. The van der Waals surface area contributed by atoms with Gasteiger partial charge in [-0.3, -0.25) is 10.1 Å². The van der Waals surface area contributed by atoms with Crippen molar-refractivity contribution >= 4 is 39.1 Å². The number of nitrogens with zero attached hydrogens (tertiary/aromatic N) is 3. The van der Waals surface area contributed by atoms with Crippen LogP contribution in [0.3, 0.4) is 0 Å². The van der Waals surface area contributed by atoms with Gasteiger partial charge in [0.1, 0.15) is 5.82 Å². The van der Waals surface area contributed by atoms with Crippen LogP contribution in [0.25, 0.3) is 10.2 Å². The van der Waals surface area contributed by atoms with Gasteiger partial charge < -0.3 is 4.90 Å². The molecule has 1 aromatic heterocycles. The Morgan fingerprint density at radius 2 is 1.97 bits per heavy atom. The molecule has 2 fully saturated rings. The first-order valence-electron chi connectivity index (χ1n) is 9.86. The number of carbonyl (C=O) groups is 1. The highest BCUT2D eigenvalue weighted by Gasteiger charge is 2.47. The van der Waals surface area contributed by atoms with Gasteiger partial charge in [-0.1, -0.05) is 12.1 Å². The molecule has 5 rings (SSSR count). The molecule has 2 aliphatic rings. The number of thiazole rings is 1. The normalized spacial score (nSPS) is 25.1. The minimum Gasteiger partial charge on any atom is -0.329 e. The summed E-state index contributed by atoms with van der Waals surface area (Å²) in [6.07, 6.45) is -0.430. The van der Waals surface area contributed by atoms with Crippen LogP contribution in [-0.4, -0.2) is 34.0 Å². The van der Waals surface area contributed by atoms with E-state index >= 15 is 0 Å². The number of guanidine groups is 1. The molecule has 0 saturated carbocycles. The first-order chi connectivity index (χ1) is 14.4. The van der Waals surface area contributed by atoms with Gasteiger partial charge >= 0.3 is 0 Å². The largest absolute Gasteiger partial charge is 0.329 e. The van der Waals surface area contributed by atoms with Crippen LogP contribution in [0.1, 0.15) is 35.0 Å². The van der Waals surface area contributed by atoms with Crippen LogP contribution < -0.4 is 5.32 Å². The van der Waals surface area contributed by atoms with Gasteiger partial charge in [-0.05, 0) is 62.1 Å². The van der Waals surface area contributed by atoms with Crippen LogP contribution in [0.5, 0.6) is 0 Å². The molecule has 2 aromatic carbocycles. The Hall–Kier alpha value is -2.87. The molecule has 0 aliphatic carbocycles. The van der Waals surface area contributed by atoms with Crippen LogP contribution in [0.15, 0.2) is 41.4 Å². The fourth-order valence-electron chi connectivity index (χ4n) is 4.36. The molecule has 3 unspecified atom stereocenters. The van der Waals surface area contributed by atoms with Gasteiger partial charge in [-0.25, -0.2) is 18.8 Å². The lowest BCUT2D eigenvalue weighted by Gasteiger charge is -2.38. The van der Waals surface area contributed by atoms with E-state index in [2.05, 4.69) is 10.3 Å². The molecule has 30 heavy (non-hydrogen) atoms. The van der Waals surface area contributed by atoms with Crippen LogP contribution >= 0.6 is 11.3 Å². The molecular formula is C22H20F2N4OS. The topological polar surface area (TPSA) is 57.6 Å². The van der Waals surface area contributed by atoms with E-state index in [9.17, 15) is 13.6 Å². The maximum Gasteiger partial charge on any atom is 0.263 e. The summed E-state index contributed by atoms with van der Waals surface area (Å²) < 4.78 is 29.1. The van der Waals surface area contributed by atoms with E-state index < -0.39 is 18.1 Å². The number of nitrogens with one attached hydrogen (secondary N) is 1. The zero-order chi connectivity index (χ0) is 21.0. The summed E-state index contributed by atoms with van der Waals surface area (Å²) in [5.74, 6) is -0.641. The van der Waals surface area contributed by atoms with Gasteiger partial charge in [0.2, 0.25) is 5.96 Å². The highest BCUT2D eigenvalue weighted by molar-refractivity contribution is 7.18. The molecule has 0 spiro atoms. The monoisotopic (exact) mass is 426 g/mol. The molecular weight excluding hydrogens is 406 g/mol. The quantitative estimate of drug-likeness (QED) is 0.646. The van der Waals surface area contributed by atoms with E-state index in [4.69, 9.17) is 4.99 Å². The number of benzene rings is 2. The van der Waals surface area contributed by atoms with Crippen molar-refractivity contribution in [2.75, 3.05) is 0 Å². The Bertz CT molecular complexity index is 1170. The molecule has 5 nitrogen and oxygen atoms in total. The first-order valence-corrected chi connectivity index (χ1v) is 10.7. The lowest BCUT2D eigenvalue weighted by Crippen LogP contribution is -2.60. The number of aliphatic imine (C=N–C) groups is 1. The second-order valence-electron chi connectivity index (χ2n) is 7.79. The summed E-state index contributed by atoms with van der Waals surface area (Å²) in [6, 6.07) is 9.39. The zero-order valence-electron chi connectivity index (χ0n) is 16.5. The predicted octanol–water partition coefficient (Wildman–Crippen LogP) is 4.71. The average molecular weight is 426 g/mol. The molecule has 0 radical (unpaired) electrons. The molecule has 2 saturated heterocycles. The van der Waals surface area contributed by atoms with E-state index in [0.717, 1.165) is 26.4 Å². The average Bonchev–Trinajstić information content (AvgIpc) is 3.30. The standard InChI is InChI=1S/C22H20F2N4OS/c1-11-9-16-19(30-12(2)25-16)10-15(11)26-22-27-21(29)20(24)18-8-7-17(28(18)22)13-3-5-14(23)6-4-13/h3-6,9-10,17-18,20H,7-8H2,1-2H3,(H,26,27,29). The number of hydrogen-bond donors (Lipinski definition) is 1. The van der Waals surface area contributed by atoms with Crippen molar-refractivity contribution in [3.63, 3.8) is 0 Å². The minimum absolute atomic E-state index is 0.178. The maximum absolute atomic E-state index is 14.7. The third kappa shape index (κ3) is 3.15. The summed E-state index contributed by atoms with van der Waals surface area (Å²) in [5.41, 5.74) is 3.42. The van der Waals surface area contributed by atoms with E-state index in [1.54, 1.807) is 23.5 Å². The Morgan fingerprint density at radius 3 is 2.73 bits per heavy atom. The lowest BCUT2D eigenvalue weighted by atomic mass is 10.0. The predicted molar refractivity (Wildman–Crippen MR) is 113 cm³/mol. The summed E-state index contributed by atoms with van der Waals surface area (Å²) in [7, 11) is 0. The number of aryl methyl sites for hydroxylation is 2. The van der Waals surface area contributed by atoms with Crippen LogP contribution in [0, 0.1) is 19.7 Å². The van der Waals surface area contributed by atoms with E-state index in [1.165, 1.54) is 12.1 Å². The summed E-state index contributed by atoms with van der Waals surface area (Å²) in [5, 5.41) is 3.62. The number of fused-ring (bicyclic) bond motifs is 2. The van der Waals surface area contributed by atoms with Crippen molar-refractivity contribution in [3.8, 4) is 0 Å². The fraction of sp³-hybridized carbons (Fsp3) is 0.318. The maximum atomic E-state index is 14.7. The highest BCUT2D eigenvalue weighted by Crippen LogP contribution is 2.40. The lowest BCUT2D eigenvalue weighted by molar-refractivity contribution is -0.128. The summed E-state index contributed by atoms with van der Waals surface area (Å²) in [6.45, 7) is 3.89. The molecule has 154 valence electrons. The van der Waals surface area contributed by atoms with Crippen molar-refractivity contribution in [3.05, 3.63) is 58.3 Å². The van der Waals surface area contributed by atoms with Crippen molar-refractivity contribution in [2.24, 2.45) is 4.99 Å². The molecule has 3 aromatic rings. The molecule has 8 heteroatoms. The van der Waals surface area contributed by atoms with Crippen molar-refractivity contribution in [2.45, 2.75) is 44.9 Å². The third-order valence-electron chi connectivity index (χ3n) is 5.79. The molecule has 1 amide bonds. The number of carbonyl (C=O) groups excluding carboxylic acids is 1. The Balaban J connectivity index is 1.59. The highest BCUT2D eigenvalue weighted by atomic mass is 32.1. The van der Waals surface area contributed by atoms with E-state index in [-0.39, 0.29) is 11.9 Å². The second-order valence-corrected chi connectivity index (χ2v) is 9.02. The van der Waals surface area contributed by atoms with Gasteiger partial charge in [0.25, 0.3) is 5.91 Å². The number of alkyl halides is 1. The number of hydrogen-bond acceptors (Lipinski definition) is 4. The first kappa shape index (κ1) is 19.1. The number of amides is 1. The van der Waals surface area contributed by atoms with Gasteiger partial charge in [0.15, 0.2) is 6.17 Å². The number of aromatic nitrogens is 1. The van der Waals surface area contributed by atoms with Gasteiger partial charge in [0, 0.05) is 0 Å². The zero-order valence-corrected chi connectivity index (χ0v) is 17.3. The number of rotatable bonds is 2. The minimum atomic E-state index is -1.62. The van der Waals surface area contributed by atoms with Crippen molar-refractivity contribution in [1.82, 2.24) is 15.2 Å². The van der Waals surface area contributed by atoms with Crippen LogP contribution in [-0.2, 0) is 4.79 Å². The van der Waals surface area contributed by atoms with Gasteiger partial charge in [-0.2, -0.15) is 0 Å². The smallest absolute Gasteiger partial charge is 0.263 e.